The molecule has 2 heterocycles. The van der Waals surface area contributed by atoms with Crippen LogP contribution in [0.1, 0.15) is 92.2 Å². The molecule has 5 heteroatoms. The molecule has 0 aliphatic carbocycles. The summed E-state index contributed by atoms with van der Waals surface area (Å²) >= 11 is 0. The van der Waals surface area contributed by atoms with Crippen LogP contribution >= 0.6 is 0 Å². The first kappa shape index (κ1) is 37.7. The number of aryl methyl sites for hydroxylation is 2. The Balaban J connectivity index is 0.00000578. The first-order valence-corrected chi connectivity index (χ1v) is 20.2. The second-order valence-corrected chi connectivity index (χ2v) is 17.1. The predicted molar refractivity (Wildman–Crippen MR) is 243 cm³/mol. The maximum absolute atomic E-state index is 12.2. The molecule has 8 rings (SSSR count). The van der Waals surface area contributed by atoms with E-state index in [4.69, 9.17) is 14.1 Å². The van der Waals surface area contributed by atoms with E-state index in [2.05, 4.69) is 133 Å². The Bertz CT molecular complexity index is 2910. The molecule has 0 aliphatic heterocycles. The van der Waals surface area contributed by atoms with Crippen LogP contribution < -0.4 is 0 Å². The van der Waals surface area contributed by atoms with Crippen LogP contribution in [0.2, 0.25) is 0 Å². The van der Waals surface area contributed by atoms with Gasteiger partial charge in [-0.15, -0.1) is 29.3 Å². The van der Waals surface area contributed by atoms with Gasteiger partial charge in [-0.25, -0.2) is 4.98 Å². The van der Waals surface area contributed by atoms with Crippen molar-refractivity contribution in [3.8, 4) is 67.5 Å². The number of rotatable bonds is 8. The Morgan fingerprint density at radius 2 is 1.41 bits per heavy atom. The quantitative estimate of drug-likeness (QED) is 0.154. The largest absolute Gasteiger partial charge is 0.507 e. The van der Waals surface area contributed by atoms with Crippen molar-refractivity contribution >= 4 is 11.0 Å². The number of fused-ring (bicyclic) bond motifs is 1. The molecule has 0 atom stereocenters. The van der Waals surface area contributed by atoms with E-state index in [0.717, 1.165) is 78.0 Å². The summed E-state index contributed by atoms with van der Waals surface area (Å²) in [5.74, 6) is 0.981. The number of hydrogen-bond donors (Lipinski definition) is 1. The molecule has 0 bridgehead atoms. The summed E-state index contributed by atoms with van der Waals surface area (Å²) in [6, 6.07) is 46.4. The molecule has 1 N–H and O–H groups in total. The van der Waals surface area contributed by atoms with E-state index < -0.39 is 6.85 Å². The number of imidazole rings is 1. The molecule has 0 fully saturated rings. The van der Waals surface area contributed by atoms with Gasteiger partial charge in [0.05, 0.1) is 22.3 Å². The zero-order valence-electron chi connectivity index (χ0n) is 38.0. The van der Waals surface area contributed by atoms with Crippen LogP contribution in [-0.2, 0) is 26.5 Å². The fourth-order valence-electron chi connectivity index (χ4n) is 7.73. The second kappa shape index (κ2) is 16.6. The maximum Gasteiger partial charge on any atom is 0.148 e. The molecule has 6 aromatic carbocycles. The van der Waals surface area contributed by atoms with Gasteiger partial charge in [-0.05, 0) is 89.2 Å². The zero-order valence-corrected chi connectivity index (χ0v) is 37.2. The number of para-hydroxylation sites is 1. The van der Waals surface area contributed by atoms with Gasteiger partial charge in [-0.1, -0.05) is 156 Å². The summed E-state index contributed by atoms with van der Waals surface area (Å²) in [5.41, 5.74) is 14.5. The molecule has 0 saturated heterocycles. The second-order valence-electron chi connectivity index (χ2n) is 17.1. The summed E-state index contributed by atoms with van der Waals surface area (Å²) in [6.07, 6.45) is 1.86. The summed E-state index contributed by atoms with van der Waals surface area (Å²) < 4.78 is 27.1. The normalized spacial score (nSPS) is 12.7. The van der Waals surface area contributed by atoms with E-state index in [-0.39, 0.29) is 49.6 Å². The molecule has 0 amide bonds. The van der Waals surface area contributed by atoms with Gasteiger partial charge in [0, 0.05) is 42.6 Å². The van der Waals surface area contributed by atoms with E-state index in [0.29, 0.717) is 11.4 Å². The van der Waals surface area contributed by atoms with Gasteiger partial charge < -0.3 is 5.11 Å². The molecule has 0 saturated carbocycles. The minimum atomic E-state index is -2.31. The van der Waals surface area contributed by atoms with Gasteiger partial charge >= 0.3 is 0 Å². The van der Waals surface area contributed by atoms with Crippen molar-refractivity contribution in [1.82, 2.24) is 14.5 Å². The van der Waals surface area contributed by atoms with Crippen LogP contribution in [-0.4, -0.2) is 19.6 Å². The van der Waals surface area contributed by atoms with Crippen LogP contribution in [0, 0.1) is 19.8 Å². The van der Waals surface area contributed by atoms with Gasteiger partial charge in [0.1, 0.15) is 11.6 Å². The minimum absolute atomic E-state index is 0. The minimum Gasteiger partial charge on any atom is -0.507 e. The fourth-order valence-corrected chi connectivity index (χ4v) is 7.73. The molecule has 0 aliphatic rings. The molecule has 59 heavy (non-hydrogen) atoms. The molecule has 300 valence electrons. The molecule has 2 aromatic heterocycles. The Labute approximate surface area is 368 Å². The molecule has 0 spiro atoms. The van der Waals surface area contributed by atoms with Gasteiger partial charge in [0.2, 0.25) is 0 Å². The average molecular weight is 957 g/mol. The van der Waals surface area contributed by atoms with E-state index in [1.807, 2.05) is 54.7 Å². The van der Waals surface area contributed by atoms with Gasteiger partial charge in [0.25, 0.3) is 0 Å². The first-order valence-electron chi connectivity index (χ1n) is 21.7. The molecule has 0 unspecified atom stereocenters. The van der Waals surface area contributed by atoms with E-state index in [1.165, 1.54) is 5.56 Å². The SMILES string of the molecule is [2H]C([2H])([2H])c1ccc(-n2c(-c3cc(C(C)C)cc(C(C)C)c3O)nc3c(-c4[c-]c(-c5cc(-c6ccc(C)cc6)ccn5)cc(C(C)(C)C)c4)cccc32)c(-c2ccccc2)c1.[Pt]. The van der Waals surface area contributed by atoms with Crippen molar-refractivity contribution in [2.45, 2.75) is 79.5 Å². The standard InChI is InChI=1S/C54H52N3O.Pt/c1-33(2)40-30-45(34(3)4)52(58)47(31-40)53-56-51-44(16-13-17-50(51)57(53)49-23-20-36(6)26-46(49)38-14-11-10-12-15-38)41-27-42(29-43(28-41)54(7,8)9)48-32-39(24-25-55-48)37-21-18-35(5)19-22-37;/h10-26,28-34,58H,1-9H3;/q-1;/i6D3;. The van der Waals surface area contributed by atoms with Crippen LogP contribution in [0.4, 0.5) is 0 Å². The van der Waals surface area contributed by atoms with Crippen LogP contribution in [0.25, 0.3) is 72.7 Å². The Hall–Kier alpha value is -5.57. The number of pyridine rings is 1. The van der Waals surface area contributed by atoms with Crippen molar-refractivity contribution < 1.29 is 30.3 Å². The zero-order chi connectivity index (χ0) is 43.4. The van der Waals surface area contributed by atoms with Crippen molar-refractivity contribution in [1.29, 1.82) is 0 Å². The first-order chi connectivity index (χ1) is 29.0. The summed E-state index contributed by atoms with van der Waals surface area (Å²) in [5, 5.41) is 12.2. The van der Waals surface area contributed by atoms with E-state index in [9.17, 15) is 5.11 Å². The van der Waals surface area contributed by atoms with Crippen molar-refractivity contribution in [2.24, 2.45) is 0 Å². The molecular weight excluding hydrogens is 902 g/mol. The maximum atomic E-state index is 12.2. The van der Waals surface area contributed by atoms with Crippen LogP contribution in [0.15, 0.2) is 134 Å². The Kier molecular flexibility index (Phi) is 10.6. The Morgan fingerprint density at radius 1 is 0.678 bits per heavy atom. The van der Waals surface area contributed by atoms with E-state index in [1.54, 1.807) is 12.1 Å². The van der Waals surface area contributed by atoms with Crippen molar-refractivity contribution in [3.05, 3.63) is 167 Å². The van der Waals surface area contributed by atoms with Crippen LogP contribution in [0.5, 0.6) is 5.75 Å². The average Bonchev–Trinajstić information content (AvgIpc) is 3.62. The number of phenols is 1. The fraction of sp³-hybridized carbons (Fsp3) is 0.222. The van der Waals surface area contributed by atoms with Crippen LogP contribution in [0.3, 0.4) is 0 Å². The van der Waals surface area contributed by atoms with Gasteiger partial charge in [0.15, 0.2) is 0 Å². The molecule has 0 radical (unpaired) electrons. The Morgan fingerprint density at radius 3 is 2.10 bits per heavy atom. The molecule has 8 aromatic rings. The smallest absolute Gasteiger partial charge is 0.148 e. The number of hydrogen-bond acceptors (Lipinski definition) is 3. The van der Waals surface area contributed by atoms with Crippen molar-refractivity contribution in [2.75, 3.05) is 0 Å². The summed E-state index contributed by atoms with van der Waals surface area (Å²) in [7, 11) is 0. The third kappa shape index (κ3) is 8.21. The number of nitrogens with zero attached hydrogens (tertiary/aromatic N) is 3. The van der Waals surface area contributed by atoms with E-state index >= 15 is 0 Å². The molecule has 4 nitrogen and oxygen atoms in total. The third-order valence-corrected chi connectivity index (χ3v) is 11.1. The monoisotopic (exact) mass is 956 g/mol. The molecular formula is C54H52N3OPt-. The number of phenolic OH excluding ortho intramolecular Hbond substituents is 1. The number of aromatic hydroxyl groups is 1. The number of aromatic nitrogens is 3. The topological polar surface area (TPSA) is 50.9 Å². The summed E-state index contributed by atoms with van der Waals surface area (Å²) in [6.45, 7) is 14.9. The third-order valence-electron chi connectivity index (χ3n) is 11.1. The van der Waals surface area contributed by atoms with Gasteiger partial charge in [-0.3, -0.25) is 9.55 Å². The van der Waals surface area contributed by atoms with Gasteiger partial charge in [-0.2, -0.15) is 0 Å². The number of benzene rings is 6. The van der Waals surface area contributed by atoms with Crippen molar-refractivity contribution in [3.63, 3.8) is 0 Å². The summed E-state index contributed by atoms with van der Waals surface area (Å²) in [4.78, 5) is 10.4. The predicted octanol–water partition coefficient (Wildman–Crippen LogP) is 14.4.